The zero-order valence-corrected chi connectivity index (χ0v) is 14.8. The summed E-state index contributed by atoms with van der Waals surface area (Å²) in [6, 6.07) is 5.49. The van der Waals surface area contributed by atoms with Crippen molar-refractivity contribution < 1.29 is 14.3 Å². The molecule has 1 amide bonds. The Hall–Kier alpha value is -1.01. The fraction of sp³-hybridized carbons (Fsp3) is 0.562. The molecule has 1 aromatic rings. The number of halogens is 2. The number of amides is 1. The highest BCUT2D eigenvalue weighted by Crippen LogP contribution is 2.31. The van der Waals surface area contributed by atoms with Gasteiger partial charge in [-0.2, -0.15) is 0 Å². The number of hydrogen-bond acceptors (Lipinski definition) is 4. The van der Waals surface area contributed by atoms with Gasteiger partial charge in [-0.3, -0.25) is 0 Å². The molecule has 0 aromatic heterocycles. The molecule has 5 nitrogen and oxygen atoms in total. The Bertz CT molecular complexity index is 540. The third kappa shape index (κ3) is 5.53. The van der Waals surface area contributed by atoms with E-state index in [9.17, 15) is 4.79 Å². The average molecular weight is 361 g/mol. The number of rotatable bonds is 4. The van der Waals surface area contributed by atoms with Crippen LogP contribution in [0.3, 0.4) is 0 Å². The lowest BCUT2D eigenvalue weighted by Gasteiger charge is -2.25. The minimum Gasteiger partial charge on any atom is -0.447 e. The normalized spacial score (nSPS) is 21.8. The Morgan fingerprint density at radius 3 is 2.91 bits per heavy atom. The van der Waals surface area contributed by atoms with Crippen molar-refractivity contribution in [3.63, 3.8) is 0 Å². The van der Waals surface area contributed by atoms with Crippen molar-refractivity contribution in [2.45, 2.75) is 26.1 Å². The molecule has 128 valence electrons. The first-order chi connectivity index (χ1) is 11.0. The van der Waals surface area contributed by atoms with Gasteiger partial charge in [-0.25, -0.2) is 4.79 Å². The summed E-state index contributed by atoms with van der Waals surface area (Å²) in [4.78, 5) is 11.7. The van der Waals surface area contributed by atoms with Crippen LogP contribution < -0.4 is 10.6 Å². The molecule has 0 bridgehead atoms. The highest BCUT2D eigenvalue weighted by Gasteiger charge is 2.27. The van der Waals surface area contributed by atoms with Crippen LogP contribution in [0.2, 0.25) is 10.0 Å². The molecule has 23 heavy (non-hydrogen) atoms. The second-order valence-corrected chi connectivity index (χ2v) is 6.58. The summed E-state index contributed by atoms with van der Waals surface area (Å²) in [7, 11) is 0. The van der Waals surface area contributed by atoms with E-state index in [0.29, 0.717) is 23.2 Å². The van der Waals surface area contributed by atoms with Crippen LogP contribution in [-0.2, 0) is 9.47 Å². The molecule has 2 rings (SSSR count). The van der Waals surface area contributed by atoms with Crippen molar-refractivity contribution in [1.29, 1.82) is 0 Å². The Morgan fingerprint density at radius 1 is 1.43 bits per heavy atom. The average Bonchev–Trinajstić information content (AvgIpc) is 2.72. The predicted octanol–water partition coefficient (Wildman–Crippen LogP) is 3.41. The topological polar surface area (TPSA) is 59.6 Å². The van der Waals surface area contributed by atoms with E-state index in [1.165, 1.54) is 0 Å². The van der Waals surface area contributed by atoms with Crippen LogP contribution in [0.4, 0.5) is 4.79 Å². The van der Waals surface area contributed by atoms with Gasteiger partial charge in [0.15, 0.2) is 0 Å². The Morgan fingerprint density at radius 2 is 2.22 bits per heavy atom. The van der Waals surface area contributed by atoms with E-state index in [1.54, 1.807) is 6.07 Å². The number of alkyl carbamates (subject to hydrolysis) is 1. The van der Waals surface area contributed by atoms with Crippen LogP contribution >= 0.6 is 23.2 Å². The molecule has 2 N–H and O–H groups in total. The van der Waals surface area contributed by atoms with Crippen molar-refractivity contribution >= 4 is 29.3 Å². The van der Waals surface area contributed by atoms with Crippen molar-refractivity contribution in [3.8, 4) is 0 Å². The number of hydrogen-bond donors (Lipinski definition) is 2. The molecule has 1 saturated heterocycles. The smallest absolute Gasteiger partial charge is 0.407 e. The van der Waals surface area contributed by atoms with Crippen molar-refractivity contribution in [3.05, 3.63) is 33.8 Å². The van der Waals surface area contributed by atoms with Gasteiger partial charge in [0.05, 0.1) is 28.9 Å². The summed E-state index contributed by atoms with van der Waals surface area (Å²) in [6.07, 6.45) is -0.736. The third-order valence-corrected chi connectivity index (χ3v) is 4.27. The van der Waals surface area contributed by atoms with E-state index in [-0.39, 0.29) is 18.1 Å². The fourth-order valence-corrected chi connectivity index (χ4v) is 2.80. The molecule has 1 fully saturated rings. The predicted molar refractivity (Wildman–Crippen MR) is 91.1 cm³/mol. The zero-order chi connectivity index (χ0) is 16.8. The summed E-state index contributed by atoms with van der Waals surface area (Å²) in [5.41, 5.74) is 0.951. The van der Waals surface area contributed by atoms with Crippen LogP contribution in [0, 0.1) is 5.92 Å². The molecular formula is C16H22Cl2N2O3. The SMILES string of the molecule is CC(C)OC(=O)NC[C@@H]1CNCCO[C@H]1c1ccc(Cl)c(Cl)c1. The number of carbonyl (C=O) groups is 1. The summed E-state index contributed by atoms with van der Waals surface area (Å²) < 4.78 is 11.1. The maximum Gasteiger partial charge on any atom is 0.407 e. The maximum absolute atomic E-state index is 11.7. The first-order valence-corrected chi connectivity index (χ1v) is 8.44. The molecule has 0 unspecified atom stereocenters. The van der Waals surface area contributed by atoms with Crippen molar-refractivity contribution in [2.75, 3.05) is 26.2 Å². The summed E-state index contributed by atoms with van der Waals surface area (Å²) in [5, 5.41) is 7.12. The molecule has 0 radical (unpaired) electrons. The van der Waals surface area contributed by atoms with E-state index >= 15 is 0 Å². The van der Waals surface area contributed by atoms with Gasteiger partial charge in [0.25, 0.3) is 0 Å². The number of ether oxygens (including phenoxy) is 2. The number of benzene rings is 1. The second-order valence-electron chi connectivity index (χ2n) is 5.76. The highest BCUT2D eigenvalue weighted by molar-refractivity contribution is 6.42. The molecule has 1 heterocycles. The van der Waals surface area contributed by atoms with Crippen LogP contribution in [-0.4, -0.2) is 38.4 Å². The third-order valence-electron chi connectivity index (χ3n) is 3.53. The van der Waals surface area contributed by atoms with Gasteiger partial charge in [-0.15, -0.1) is 0 Å². The second kappa shape index (κ2) is 8.73. The summed E-state index contributed by atoms with van der Waals surface area (Å²) in [6.45, 7) is 6.17. The van der Waals surface area contributed by atoms with Gasteiger partial charge in [0.2, 0.25) is 0 Å². The number of nitrogens with one attached hydrogen (secondary N) is 2. The Kier molecular flexibility index (Phi) is 6.96. The monoisotopic (exact) mass is 360 g/mol. The van der Waals surface area contributed by atoms with Gasteiger partial charge in [-0.1, -0.05) is 29.3 Å². The van der Waals surface area contributed by atoms with Crippen molar-refractivity contribution in [2.24, 2.45) is 5.92 Å². The molecule has 0 aliphatic carbocycles. The largest absolute Gasteiger partial charge is 0.447 e. The molecule has 1 aliphatic rings. The molecular weight excluding hydrogens is 339 g/mol. The fourth-order valence-electron chi connectivity index (χ4n) is 2.50. The lowest BCUT2D eigenvalue weighted by atomic mass is 9.95. The van der Waals surface area contributed by atoms with E-state index in [4.69, 9.17) is 32.7 Å². The molecule has 1 aliphatic heterocycles. The lowest BCUT2D eigenvalue weighted by molar-refractivity contribution is 0.0298. The van der Waals surface area contributed by atoms with Crippen LogP contribution in [0.15, 0.2) is 18.2 Å². The van der Waals surface area contributed by atoms with Gasteiger partial charge in [0, 0.05) is 25.6 Å². The molecule has 1 aromatic carbocycles. The Balaban J connectivity index is 2.07. The van der Waals surface area contributed by atoms with Gasteiger partial charge in [0.1, 0.15) is 0 Å². The molecule has 7 heteroatoms. The highest BCUT2D eigenvalue weighted by atomic mass is 35.5. The van der Waals surface area contributed by atoms with Gasteiger partial charge >= 0.3 is 6.09 Å². The summed E-state index contributed by atoms with van der Waals surface area (Å²) >= 11 is 12.1. The van der Waals surface area contributed by atoms with Crippen LogP contribution in [0.1, 0.15) is 25.5 Å². The van der Waals surface area contributed by atoms with Gasteiger partial charge < -0.3 is 20.1 Å². The number of carbonyl (C=O) groups excluding carboxylic acids is 1. The molecule has 0 spiro atoms. The van der Waals surface area contributed by atoms with Gasteiger partial charge in [-0.05, 0) is 31.5 Å². The van der Waals surface area contributed by atoms with Crippen LogP contribution in [0.25, 0.3) is 0 Å². The first kappa shape index (κ1) is 18.3. The van der Waals surface area contributed by atoms with E-state index in [0.717, 1.165) is 18.7 Å². The van der Waals surface area contributed by atoms with E-state index < -0.39 is 6.09 Å². The quantitative estimate of drug-likeness (QED) is 0.863. The van der Waals surface area contributed by atoms with Crippen molar-refractivity contribution in [1.82, 2.24) is 10.6 Å². The maximum atomic E-state index is 11.7. The minimum atomic E-state index is -0.419. The Labute approximate surface area is 146 Å². The van der Waals surface area contributed by atoms with E-state index in [1.807, 2.05) is 26.0 Å². The standard InChI is InChI=1S/C16H22Cl2N2O3/c1-10(2)23-16(21)20-9-12-8-19-5-6-22-15(12)11-3-4-13(17)14(18)7-11/h3-4,7,10,12,15,19H,5-6,8-9H2,1-2H3,(H,20,21)/t12-,15-/m0/s1. The zero-order valence-electron chi connectivity index (χ0n) is 13.3. The summed E-state index contributed by atoms with van der Waals surface area (Å²) in [5.74, 6) is 0.0643. The molecule has 2 atom stereocenters. The minimum absolute atomic E-state index is 0.0643. The molecule has 0 saturated carbocycles. The lowest BCUT2D eigenvalue weighted by Crippen LogP contribution is -2.37. The van der Waals surface area contributed by atoms with Crippen LogP contribution in [0.5, 0.6) is 0 Å². The van der Waals surface area contributed by atoms with E-state index in [2.05, 4.69) is 10.6 Å². The first-order valence-electron chi connectivity index (χ1n) is 7.69.